The standard InChI is InChI=1S/C47H54ClFN4O4/c1-30(2)44(56)38-23-42(40(49)21-35(38)29-55)53-19-17-31(18-20-53)25-52-26-32(27-52)11-14-36-15-12-34(28-54)41(51-36)9-7-8-10-43-46(3,4)45(47(43,5)6)57-37-16-13-33(24-50)39(48)22-37/h12-13,15-16,21-23,28-32,43,45H,7-10,17-20,25-27H2,1-6H3. The highest BCUT2D eigenvalue weighted by Crippen LogP contribution is 2.62. The Morgan fingerprint density at radius 1 is 1.02 bits per heavy atom. The van der Waals surface area contributed by atoms with Gasteiger partial charge in [0.15, 0.2) is 18.4 Å². The van der Waals surface area contributed by atoms with Gasteiger partial charge in [0.05, 0.1) is 22.0 Å². The second-order valence-electron chi connectivity index (χ2n) is 17.7. The average Bonchev–Trinajstić information content (AvgIpc) is 3.17. The molecule has 0 N–H and O–H groups in total. The van der Waals surface area contributed by atoms with Crippen molar-refractivity contribution in [2.75, 3.05) is 37.6 Å². The van der Waals surface area contributed by atoms with E-state index in [0.29, 0.717) is 76.5 Å². The Morgan fingerprint density at radius 2 is 1.72 bits per heavy atom. The number of rotatable bonds is 14. The summed E-state index contributed by atoms with van der Waals surface area (Å²) in [5.74, 6) is 7.66. The number of nitriles is 1. The van der Waals surface area contributed by atoms with Crippen molar-refractivity contribution in [1.29, 1.82) is 5.26 Å². The number of carbonyl (C=O) groups is 3. The van der Waals surface area contributed by atoms with Gasteiger partial charge < -0.3 is 14.5 Å². The third-order valence-corrected chi connectivity index (χ3v) is 12.9. The third-order valence-electron chi connectivity index (χ3n) is 12.6. The Labute approximate surface area is 342 Å². The number of likely N-dealkylation sites (tertiary alicyclic amines) is 1. The molecule has 3 aliphatic rings. The average molecular weight is 793 g/mol. The Balaban J connectivity index is 0.951. The molecule has 0 amide bonds. The van der Waals surface area contributed by atoms with Gasteiger partial charge in [0, 0.05) is 78.1 Å². The Bertz CT molecular complexity index is 2080. The Kier molecular flexibility index (Phi) is 12.9. The normalized spacial score (nSPS) is 20.5. The van der Waals surface area contributed by atoms with Gasteiger partial charge in [-0.15, -0.1) is 0 Å². The molecule has 8 nitrogen and oxygen atoms in total. The minimum atomic E-state index is -0.464. The van der Waals surface area contributed by atoms with Gasteiger partial charge in [-0.3, -0.25) is 14.4 Å². The number of pyridine rings is 1. The number of nitrogens with zero attached hydrogens (tertiary/aromatic N) is 4. The van der Waals surface area contributed by atoms with E-state index in [1.54, 1.807) is 32.0 Å². The smallest absolute Gasteiger partial charge is 0.166 e. The lowest BCUT2D eigenvalue weighted by Gasteiger charge is -2.63. The molecule has 0 spiro atoms. The summed E-state index contributed by atoms with van der Waals surface area (Å²) in [4.78, 5) is 45.4. The minimum Gasteiger partial charge on any atom is -0.489 e. The highest BCUT2D eigenvalue weighted by atomic mass is 35.5. The first kappa shape index (κ1) is 42.0. The summed E-state index contributed by atoms with van der Waals surface area (Å²) in [6, 6.07) is 13.8. The van der Waals surface area contributed by atoms with Crippen LogP contribution in [0.25, 0.3) is 0 Å². The van der Waals surface area contributed by atoms with Crippen LogP contribution >= 0.6 is 11.6 Å². The number of aromatic nitrogens is 1. The van der Waals surface area contributed by atoms with Crippen LogP contribution in [0.5, 0.6) is 5.75 Å². The van der Waals surface area contributed by atoms with Gasteiger partial charge in [0.2, 0.25) is 0 Å². The first-order valence-corrected chi connectivity index (χ1v) is 20.7. The molecule has 2 aromatic carbocycles. The maximum atomic E-state index is 15.0. The lowest BCUT2D eigenvalue weighted by atomic mass is 9.44. The van der Waals surface area contributed by atoms with Crippen LogP contribution in [0.2, 0.25) is 5.02 Å². The zero-order chi connectivity index (χ0) is 41.1. The van der Waals surface area contributed by atoms with Crippen LogP contribution in [-0.4, -0.2) is 67.1 Å². The largest absolute Gasteiger partial charge is 0.489 e. The summed E-state index contributed by atoms with van der Waals surface area (Å²) in [7, 11) is 0. The molecule has 0 bridgehead atoms. The van der Waals surface area contributed by atoms with E-state index in [1.807, 2.05) is 23.1 Å². The highest BCUT2D eigenvalue weighted by molar-refractivity contribution is 6.31. The summed E-state index contributed by atoms with van der Waals surface area (Å²) in [6.07, 6.45) is 6.96. The van der Waals surface area contributed by atoms with Crippen LogP contribution in [0.3, 0.4) is 0 Å². The Hall–Kier alpha value is -4.57. The summed E-state index contributed by atoms with van der Waals surface area (Å²) >= 11 is 6.27. The molecule has 300 valence electrons. The van der Waals surface area contributed by atoms with Crippen molar-refractivity contribution in [3.05, 3.63) is 86.9 Å². The van der Waals surface area contributed by atoms with E-state index >= 15 is 4.39 Å². The first-order valence-electron chi connectivity index (χ1n) is 20.3. The van der Waals surface area contributed by atoms with Gasteiger partial charge in [0.25, 0.3) is 0 Å². The number of aryl methyl sites for hydroxylation is 1. The molecule has 6 rings (SSSR count). The number of hydrogen-bond acceptors (Lipinski definition) is 8. The topological polar surface area (TPSA) is 104 Å². The molecular weight excluding hydrogens is 739 g/mol. The van der Waals surface area contributed by atoms with E-state index in [4.69, 9.17) is 21.3 Å². The van der Waals surface area contributed by atoms with E-state index in [1.165, 1.54) is 6.07 Å². The quantitative estimate of drug-likeness (QED) is 0.0689. The zero-order valence-corrected chi connectivity index (χ0v) is 34.8. The second kappa shape index (κ2) is 17.5. The molecule has 3 heterocycles. The SMILES string of the molecule is CC(C)C(=O)c1cc(N2CCC(CN3CC(C#Cc4ccc(C=O)c(CCCCC5C(C)(C)C(Oc6ccc(C#N)c(Cl)c6)C5(C)C)n4)C3)CC2)c(F)cc1C=O. The number of carbonyl (C=O) groups excluding carboxylic acids is 3. The van der Waals surface area contributed by atoms with Gasteiger partial charge in [0.1, 0.15) is 29.4 Å². The van der Waals surface area contributed by atoms with Crippen LogP contribution in [-0.2, 0) is 6.42 Å². The maximum Gasteiger partial charge on any atom is 0.166 e. The summed E-state index contributed by atoms with van der Waals surface area (Å²) in [5.41, 5.74) is 3.24. The third kappa shape index (κ3) is 9.11. The number of piperidine rings is 1. The predicted octanol–water partition coefficient (Wildman–Crippen LogP) is 9.25. The number of halogens is 2. The summed E-state index contributed by atoms with van der Waals surface area (Å²) < 4.78 is 21.5. The predicted molar refractivity (Wildman–Crippen MR) is 222 cm³/mol. The number of ketones is 1. The number of aldehydes is 2. The van der Waals surface area contributed by atoms with Crippen molar-refractivity contribution in [3.8, 4) is 23.7 Å². The van der Waals surface area contributed by atoms with Crippen molar-refractivity contribution in [3.63, 3.8) is 0 Å². The van der Waals surface area contributed by atoms with Crippen molar-refractivity contribution in [2.24, 2.45) is 34.5 Å². The minimum absolute atomic E-state index is 0.00386. The fourth-order valence-corrected chi connectivity index (χ4v) is 9.92. The van der Waals surface area contributed by atoms with Crippen molar-refractivity contribution in [1.82, 2.24) is 9.88 Å². The van der Waals surface area contributed by atoms with E-state index < -0.39 is 5.82 Å². The molecule has 1 aliphatic carbocycles. The molecule has 0 atom stereocenters. The van der Waals surface area contributed by atoms with E-state index in [0.717, 1.165) is 63.7 Å². The van der Waals surface area contributed by atoms with Crippen LogP contribution in [0, 0.1) is 63.5 Å². The van der Waals surface area contributed by atoms with E-state index in [9.17, 15) is 19.6 Å². The fourth-order valence-electron chi connectivity index (χ4n) is 9.71. The molecular formula is C47H54ClFN4O4. The van der Waals surface area contributed by atoms with Gasteiger partial charge in [-0.1, -0.05) is 65.5 Å². The molecule has 0 radical (unpaired) electrons. The van der Waals surface area contributed by atoms with Crippen molar-refractivity contribution < 1.29 is 23.5 Å². The molecule has 3 aromatic rings. The van der Waals surface area contributed by atoms with Crippen LogP contribution in [0.1, 0.15) is 122 Å². The van der Waals surface area contributed by atoms with E-state index in [-0.39, 0.29) is 40.1 Å². The highest BCUT2D eigenvalue weighted by Gasteiger charge is 2.62. The number of anilines is 1. The lowest BCUT2D eigenvalue weighted by molar-refractivity contribution is -0.201. The molecule has 0 unspecified atom stereocenters. The second-order valence-corrected chi connectivity index (χ2v) is 18.1. The van der Waals surface area contributed by atoms with Crippen LogP contribution in [0.15, 0.2) is 42.5 Å². The Morgan fingerprint density at radius 3 is 2.35 bits per heavy atom. The van der Waals surface area contributed by atoms with Crippen molar-refractivity contribution in [2.45, 2.75) is 86.2 Å². The molecule has 3 fully saturated rings. The van der Waals surface area contributed by atoms with Crippen LogP contribution < -0.4 is 9.64 Å². The van der Waals surface area contributed by atoms with Gasteiger partial charge in [-0.05, 0) is 86.3 Å². The fraction of sp³-hybridized carbons (Fsp3) is 0.511. The number of benzene rings is 2. The summed E-state index contributed by atoms with van der Waals surface area (Å²) in [6.45, 7) is 16.8. The molecule has 1 aromatic heterocycles. The number of Topliss-reactive ketones (excluding diaryl/α,β-unsaturated/α-hetero) is 1. The monoisotopic (exact) mass is 792 g/mol. The van der Waals surface area contributed by atoms with Gasteiger partial charge in [-0.25, -0.2) is 9.37 Å². The number of ether oxygens (including phenoxy) is 1. The van der Waals surface area contributed by atoms with Gasteiger partial charge >= 0.3 is 0 Å². The zero-order valence-electron chi connectivity index (χ0n) is 34.0. The van der Waals surface area contributed by atoms with Crippen LogP contribution in [0.4, 0.5) is 10.1 Å². The molecule has 2 aliphatic heterocycles. The molecule has 10 heteroatoms. The summed E-state index contributed by atoms with van der Waals surface area (Å²) in [5, 5.41) is 9.61. The number of hydrogen-bond donors (Lipinski definition) is 0. The number of unbranched alkanes of at least 4 members (excludes halogenated alkanes) is 1. The van der Waals surface area contributed by atoms with Crippen molar-refractivity contribution >= 4 is 35.6 Å². The first-order chi connectivity index (χ1) is 27.2. The molecule has 1 saturated carbocycles. The molecule has 2 saturated heterocycles. The molecule has 57 heavy (non-hydrogen) atoms. The van der Waals surface area contributed by atoms with E-state index in [2.05, 4.69) is 50.5 Å². The van der Waals surface area contributed by atoms with Gasteiger partial charge in [-0.2, -0.15) is 5.26 Å². The maximum absolute atomic E-state index is 15.0. The lowest BCUT2D eigenvalue weighted by Crippen LogP contribution is -2.65.